The molecule has 1 amide bonds. The Morgan fingerprint density at radius 2 is 1.89 bits per heavy atom. The number of hydrogen-bond donors (Lipinski definition) is 3. The van der Waals surface area contributed by atoms with Gasteiger partial charge in [-0.2, -0.15) is 0 Å². The normalized spacial score (nSPS) is 14.2. The molecule has 3 rings (SSSR count). The molecule has 2 aromatic rings. The molecule has 1 aliphatic rings. The molecular formula is C21H24N2O4. The Balaban J connectivity index is 1.77. The van der Waals surface area contributed by atoms with Crippen LogP contribution in [0.5, 0.6) is 0 Å². The van der Waals surface area contributed by atoms with E-state index < -0.39 is 11.9 Å². The SMILES string of the molecule is O=C(O)CCC(Cc1ccccc1)NC(=O)c1cc2c([nH]c1=O)CCCC2. The molecule has 0 radical (unpaired) electrons. The van der Waals surface area contributed by atoms with Crippen LogP contribution < -0.4 is 10.9 Å². The maximum Gasteiger partial charge on any atom is 0.303 e. The lowest BCUT2D eigenvalue weighted by atomic mass is 9.94. The molecule has 6 heteroatoms. The lowest BCUT2D eigenvalue weighted by Crippen LogP contribution is -2.39. The highest BCUT2D eigenvalue weighted by atomic mass is 16.4. The predicted octanol–water partition coefficient (Wildman–Crippen LogP) is 2.46. The third-order valence-corrected chi connectivity index (χ3v) is 4.95. The van der Waals surface area contributed by atoms with E-state index in [2.05, 4.69) is 10.3 Å². The quantitative estimate of drug-likeness (QED) is 0.699. The van der Waals surface area contributed by atoms with E-state index in [1.165, 1.54) is 0 Å². The van der Waals surface area contributed by atoms with Gasteiger partial charge < -0.3 is 15.4 Å². The number of H-pyrrole nitrogens is 1. The van der Waals surface area contributed by atoms with Crippen molar-refractivity contribution in [3.8, 4) is 0 Å². The van der Waals surface area contributed by atoms with E-state index in [4.69, 9.17) is 5.11 Å². The summed E-state index contributed by atoms with van der Waals surface area (Å²) in [5.41, 5.74) is 2.67. The van der Waals surface area contributed by atoms with Crippen LogP contribution in [0.4, 0.5) is 0 Å². The van der Waals surface area contributed by atoms with Gasteiger partial charge in [0.2, 0.25) is 0 Å². The zero-order valence-electron chi connectivity index (χ0n) is 15.2. The van der Waals surface area contributed by atoms with Crippen LogP contribution in [0.3, 0.4) is 0 Å². The van der Waals surface area contributed by atoms with Crippen molar-refractivity contribution in [3.63, 3.8) is 0 Å². The Labute approximate surface area is 157 Å². The summed E-state index contributed by atoms with van der Waals surface area (Å²) in [6, 6.07) is 10.9. The van der Waals surface area contributed by atoms with Crippen LogP contribution in [0, 0.1) is 0 Å². The summed E-state index contributed by atoms with van der Waals surface area (Å²) in [6.45, 7) is 0. The first-order chi connectivity index (χ1) is 13.0. The number of carboxylic acids is 1. The summed E-state index contributed by atoms with van der Waals surface area (Å²) in [4.78, 5) is 38.8. The number of aliphatic carboxylic acids is 1. The average molecular weight is 368 g/mol. The summed E-state index contributed by atoms with van der Waals surface area (Å²) in [5, 5.41) is 11.9. The van der Waals surface area contributed by atoms with Crippen LogP contribution in [0.2, 0.25) is 0 Å². The van der Waals surface area contributed by atoms with Crippen LogP contribution in [0.1, 0.15) is 52.9 Å². The van der Waals surface area contributed by atoms with E-state index in [1.54, 1.807) is 6.07 Å². The second kappa shape index (κ2) is 8.66. The van der Waals surface area contributed by atoms with Gasteiger partial charge in [0, 0.05) is 18.2 Å². The second-order valence-corrected chi connectivity index (χ2v) is 7.02. The molecule has 1 atom stereocenters. The van der Waals surface area contributed by atoms with E-state index in [-0.39, 0.29) is 23.6 Å². The van der Waals surface area contributed by atoms with Crippen LogP contribution in [0.15, 0.2) is 41.2 Å². The fraction of sp³-hybridized carbons (Fsp3) is 0.381. The number of carbonyl (C=O) groups excluding carboxylic acids is 1. The highest BCUT2D eigenvalue weighted by Gasteiger charge is 2.20. The number of aryl methyl sites for hydroxylation is 2. The number of pyridine rings is 1. The van der Waals surface area contributed by atoms with Gasteiger partial charge in [0.1, 0.15) is 5.56 Å². The third kappa shape index (κ3) is 5.06. The summed E-state index contributed by atoms with van der Waals surface area (Å²) >= 11 is 0. The highest BCUT2D eigenvalue weighted by molar-refractivity contribution is 5.94. The smallest absolute Gasteiger partial charge is 0.303 e. The van der Waals surface area contributed by atoms with Crippen LogP contribution in [-0.4, -0.2) is 28.0 Å². The molecule has 1 aromatic carbocycles. The van der Waals surface area contributed by atoms with E-state index in [9.17, 15) is 14.4 Å². The monoisotopic (exact) mass is 368 g/mol. The summed E-state index contributed by atoms with van der Waals surface area (Å²) in [6.07, 6.45) is 4.57. The van der Waals surface area contributed by atoms with Gasteiger partial charge in [-0.3, -0.25) is 14.4 Å². The van der Waals surface area contributed by atoms with Gasteiger partial charge in [-0.05, 0) is 55.7 Å². The molecule has 1 aromatic heterocycles. The van der Waals surface area contributed by atoms with Gasteiger partial charge in [-0.15, -0.1) is 0 Å². The van der Waals surface area contributed by atoms with Crippen LogP contribution in [0.25, 0.3) is 0 Å². The maximum atomic E-state index is 12.7. The van der Waals surface area contributed by atoms with Crippen molar-refractivity contribution in [2.24, 2.45) is 0 Å². The number of hydrogen-bond acceptors (Lipinski definition) is 3. The Kier molecular flexibility index (Phi) is 6.06. The number of benzene rings is 1. The van der Waals surface area contributed by atoms with Crippen molar-refractivity contribution in [2.75, 3.05) is 0 Å². The molecule has 0 bridgehead atoms. The minimum Gasteiger partial charge on any atom is -0.481 e. The number of rotatable bonds is 7. The number of carbonyl (C=O) groups is 2. The molecule has 27 heavy (non-hydrogen) atoms. The zero-order chi connectivity index (χ0) is 19.2. The molecule has 1 aliphatic carbocycles. The van der Waals surface area contributed by atoms with Crippen molar-refractivity contribution in [1.82, 2.24) is 10.3 Å². The number of aromatic nitrogens is 1. The van der Waals surface area contributed by atoms with E-state index in [0.717, 1.165) is 42.5 Å². The fourth-order valence-electron chi connectivity index (χ4n) is 3.53. The Morgan fingerprint density at radius 3 is 2.63 bits per heavy atom. The first-order valence-corrected chi connectivity index (χ1v) is 9.34. The van der Waals surface area contributed by atoms with Gasteiger partial charge >= 0.3 is 5.97 Å². The van der Waals surface area contributed by atoms with Crippen molar-refractivity contribution in [1.29, 1.82) is 0 Å². The fourth-order valence-corrected chi connectivity index (χ4v) is 3.53. The van der Waals surface area contributed by atoms with Crippen molar-refractivity contribution in [2.45, 2.75) is 51.0 Å². The molecular weight excluding hydrogens is 344 g/mol. The molecule has 142 valence electrons. The molecule has 0 spiro atoms. The van der Waals surface area contributed by atoms with Gasteiger partial charge in [0.15, 0.2) is 0 Å². The number of amides is 1. The molecule has 1 heterocycles. The van der Waals surface area contributed by atoms with Gasteiger partial charge in [0.05, 0.1) is 0 Å². The third-order valence-electron chi connectivity index (χ3n) is 4.95. The second-order valence-electron chi connectivity index (χ2n) is 7.02. The molecule has 1 unspecified atom stereocenters. The lowest BCUT2D eigenvalue weighted by Gasteiger charge is -2.20. The molecule has 3 N–H and O–H groups in total. The highest BCUT2D eigenvalue weighted by Crippen LogP contribution is 2.18. The topological polar surface area (TPSA) is 99.3 Å². The lowest BCUT2D eigenvalue weighted by molar-refractivity contribution is -0.137. The number of aromatic amines is 1. The number of nitrogens with one attached hydrogen (secondary N) is 2. The van der Waals surface area contributed by atoms with E-state index >= 15 is 0 Å². The standard InChI is InChI=1S/C21H24N2O4/c24-19(25)11-10-16(12-14-6-2-1-3-7-14)22-20(26)17-13-15-8-4-5-9-18(15)23-21(17)27/h1-3,6-7,13,16H,4-5,8-12H2,(H,22,26)(H,23,27)(H,24,25). The van der Waals surface area contributed by atoms with E-state index in [0.29, 0.717) is 12.8 Å². The average Bonchev–Trinajstić information content (AvgIpc) is 2.66. The minimum atomic E-state index is -0.908. The molecule has 0 fully saturated rings. The molecule has 0 aliphatic heterocycles. The Bertz CT molecular complexity index is 873. The van der Waals surface area contributed by atoms with Crippen molar-refractivity contribution in [3.05, 3.63) is 69.1 Å². The zero-order valence-corrected chi connectivity index (χ0v) is 15.2. The summed E-state index contributed by atoms with van der Waals surface area (Å²) < 4.78 is 0. The first kappa shape index (κ1) is 18.9. The molecule has 0 saturated heterocycles. The maximum absolute atomic E-state index is 12.7. The number of fused-ring (bicyclic) bond motifs is 1. The Hall–Kier alpha value is -2.89. The number of carboxylic acid groups (broad SMARTS) is 1. The first-order valence-electron chi connectivity index (χ1n) is 9.34. The van der Waals surface area contributed by atoms with Gasteiger partial charge in [0.25, 0.3) is 11.5 Å². The predicted molar refractivity (Wildman–Crippen MR) is 102 cm³/mol. The van der Waals surface area contributed by atoms with Gasteiger partial charge in [-0.25, -0.2) is 0 Å². The van der Waals surface area contributed by atoms with E-state index in [1.807, 2.05) is 30.3 Å². The van der Waals surface area contributed by atoms with Gasteiger partial charge in [-0.1, -0.05) is 30.3 Å². The largest absolute Gasteiger partial charge is 0.481 e. The van der Waals surface area contributed by atoms with Crippen LogP contribution >= 0.6 is 0 Å². The minimum absolute atomic E-state index is 0.0433. The molecule has 0 saturated carbocycles. The summed E-state index contributed by atoms with van der Waals surface area (Å²) in [7, 11) is 0. The molecule has 6 nitrogen and oxygen atoms in total. The van der Waals surface area contributed by atoms with Crippen LogP contribution in [-0.2, 0) is 24.1 Å². The van der Waals surface area contributed by atoms with Crippen molar-refractivity contribution < 1.29 is 14.7 Å². The summed E-state index contributed by atoms with van der Waals surface area (Å²) in [5.74, 6) is -1.36. The van der Waals surface area contributed by atoms with Crippen molar-refractivity contribution >= 4 is 11.9 Å². The Morgan fingerprint density at radius 1 is 1.15 bits per heavy atom.